The quantitative estimate of drug-likeness (QED) is 0.559. The van der Waals surface area contributed by atoms with E-state index in [0.717, 1.165) is 22.4 Å². The van der Waals surface area contributed by atoms with E-state index in [-0.39, 0.29) is 12.7 Å². The molecule has 1 saturated heterocycles. The van der Waals surface area contributed by atoms with Crippen molar-refractivity contribution in [2.75, 3.05) is 13.7 Å². The van der Waals surface area contributed by atoms with Crippen molar-refractivity contribution in [2.45, 2.75) is 37.6 Å². The highest BCUT2D eigenvalue weighted by molar-refractivity contribution is 5.26. The maximum absolute atomic E-state index is 11.0. The molecule has 0 radical (unpaired) electrons. The van der Waals surface area contributed by atoms with Gasteiger partial charge in [-0.25, -0.2) is 0 Å². The summed E-state index contributed by atoms with van der Waals surface area (Å²) in [5.74, 6) is 0.808. The average molecular weight is 421 g/mol. The van der Waals surface area contributed by atoms with Gasteiger partial charge in [-0.2, -0.15) is 0 Å². The summed E-state index contributed by atoms with van der Waals surface area (Å²) in [5.41, 5.74) is 3.07. The molecule has 0 aromatic heterocycles. The Balaban J connectivity index is 1.39. The minimum atomic E-state index is -0.787. The molecule has 0 bridgehead atoms. The van der Waals surface area contributed by atoms with E-state index in [1.54, 1.807) is 7.11 Å². The molecule has 1 aliphatic rings. The molecule has 3 aromatic carbocycles. The largest absolute Gasteiger partial charge is 0.497 e. The first-order valence-corrected chi connectivity index (χ1v) is 10.5. The SMILES string of the molecule is COc1ccc(COC[C@@H]2O[C@H](c3ccccc3)[C@@H](OCc3ccccc3)[C@@H]2O)cc1. The number of hydrogen-bond donors (Lipinski definition) is 1. The van der Waals surface area contributed by atoms with Crippen LogP contribution in [0.3, 0.4) is 0 Å². The lowest BCUT2D eigenvalue weighted by Gasteiger charge is -2.21. The van der Waals surface area contributed by atoms with E-state index in [9.17, 15) is 5.11 Å². The van der Waals surface area contributed by atoms with Crippen LogP contribution in [0.1, 0.15) is 22.8 Å². The summed E-state index contributed by atoms with van der Waals surface area (Å²) in [6.07, 6.45) is -2.08. The van der Waals surface area contributed by atoms with Crippen molar-refractivity contribution in [1.82, 2.24) is 0 Å². The molecule has 0 unspecified atom stereocenters. The van der Waals surface area contributed by atoms with Gasteiger partial charge in [-0.05, 0) is 28.8 Å². The van der Waals surface area contributed by atoms with Crippen molar-refractivity contribution in [2.24, 2.45) is 0 Å². The lowest BCUT2D eigenvalue weighted by Crippen LogP contribution is -2.35. The normalized spacial score (nSPS) is 23.0. The van der Waals surface area contributed by atoms with Crippen molar-refractivity contribution in [3.05, 3.63) is 102 Å². The fraction of sp³-hybridized carbons (Fsp3) is 0.308. The van der Waals surface area contributed by atoms with Crippen LogP contribution in [0.5, 0.6) is 5.75 Å². The van der Waals surface area contributed by atoms with E-state index >= 15 is 0 Å². The third kappa shape index (κ3) is 5.51. The van der Waals surface area contributed by atoms with Crippen molar-refractivity contribution in [3.8, 4) is 5.75 Å². The van der Waals surface area contributed by atoms with Crippen molar-refractivity contribution in [1.29, 1.82) is 0 Å². The molecule has 1 fully saturated rings. The maximum atomic E-state index is 11.0. The first-order valence-electron chi connectivity index (χ1n) is 10.5. The number of ether oxygens (including phenoxy) is 4. The number of rotatable bonds is 9. The summed E-state index contributed by atoms with van der Waals surface area (Å²) in [5, 5.41) is 11.0. The van der Waals surface area contributed by atoms with Crippen molar-refractivity contribution in [3.63, 3.8) is 0 Å². The van der Waals surface area contributed by atoms with Gasteiger partial charge in [0.25, 0.3) is 0 Å². The van der Waals surface area contributed by atoms with Gasteiger partial charge in [-0.3, -0.25) is 0 Å². The Bertz CT molecular complexity index is 914. The zero-order chi connectivity index (χ0) is 21.5. The molecule has 1 aliphatic heterocycles. The first-order chi connectivity index (χ1) is 15.2. The van der Waals surface area contributed by atoms with Gasteiger partial charge < -0.3 is 24.1 Å². The Morgan fingerprint density at radius 3 is 2.13 bits per heavy atom. The summed E-state index contributed by atoms with van der Waals surface area (Å²) in [4.78, 5) is 0. The van der Waals surface area contributed by atoms with Gasteiger partial charge in [0.05, 0.1) is 26.9 Å². The minimum absolute atomic E-state index is 0.279. The van der Waals surface area contributed by atoms with Gasteiger partial charge in [0.1, 0.15) is 30.2 Å². The standard InChI is InChI=1S/C26H28O5/c1-28-22-14-12-20(13-15-22)16-29-18-23-24(27)26(30-17-19-8-4-2-5-9-19)25(31-23)21-10-6-3-7-11-21/h2-15,23-27H,16-18H2,1H3/t23-,24+,25+,26-/m0/s1. The molecule has 31 heavy (non-hydrogen) atoms. The second-order valence-electron chi connectivity index (χ2n) is 7.62. The fourth-order valence-electron chi connectivity index (χ4n) is 3.75. The minimum Gasteiger partial charge on any atom is -0.497 e. The van der Waals surface area contributed by atoms with Crippen LogP contribution in [0.15, 0.2) is 84.9 Å². The van der Waals surface area contributed by atoms with E-state index in [0.29, 0.717) is 13.2 Å². The van der Waals surface area contributed by atoms with Gasteiger partial charge in [-0.15, -0.1) is 0 Å². The Kier molecular flexibility index (Phi) is 7.33. The van der Waals surface area contributed by atoms with Crippen LogP contribution in [-0.2, 0) is 27.4 Å². The van der Waals surface area contributed by atoms with Crippen molar-refractivity contribution >= 4 is 0 Å². The highest BCUT2D eigenvalue weighted by Crippen LogP contribution is 2.36. The first kappa shape index (κ1) is 21.5. The van der Waals surface area contributed by atoms with E-state index in [2.05, 4.69) is 0 Å². The summed E-state index contributed by atoms with van der Waals surface area (Å²) >= 11 is 0. The molecule has 5 heteroatoms. The van der Waals surface area contributed by atoms with E-state index < -0.39 is 18.3 Å². The Morgan fingerprint density at radius 2 is 1.45 bits per heavy atom. The lowest BCUT2D eigenvalue weighted by molar-refractivity contribution is -0.0492. The monoisotopic (exact) mass is 420 g/mol. The van der Waals surface area contributed by atoms with Crippen LogP contribution in [0.4, 0.5) is 0 Å². The molecule has 0 spiro atoms. The topological polar surface area (TPSA) is 57.2 Å². The van der Waals surface area contributed by atoms with E-state index in [1.807, 2.05) is 84.9 Å². The highest BCUT2D eigenvalue weighted by atomic mass is 16.6. The highest BCUT2D eigenvalue weighted by Gasteiger charge is 2.45. The van der Waals surface area contributed by atoms with Gasteiger partial charge in [-0.1, -0.05) is 72.8 Å². The van der Waals surface area contributed by atoms with Crippen LogP contribution < -0.4 is 4.74 Å². The van der Waals surface area contributed by atoms with E-state index in [4.69, 9.17) is 18.9 Å². The number of aliphatic hydroxyl groups is 1. The average Bonchev–Trinajstić information content (AvgIpc) is 3.14. The van der Waals surface area contributed by atoms with Gasteiger partial charge in [0.2, 0.25) is 0 Å². The van der Waals surface area contributed by atoms with E-state index in [1.165, 1.54) is 0 Å². The summed E-state index contributed by atoms with van der Waals surface area (Å²) in [7, 11) is 1.64. The zero-order valence-electron chi connectivity index (χ0n) is 17.6. The molecule has 162 valence electrons. The Morgan fingerprint density at radius 1 is 0.806 bits per heavy atom. The molecular weight excluding hydrogens is 392 g/mol. The number of aliphatic hydroxyl groups excluding tert-OH is 1. The van der Waals surface area contributed by atoms with Crippen LogP contribution in [0.25, 0.3) is 0 Å². The molecule has 5 nitrogen and oxygen atoms in total. The van der Waals surface area contributed by atoms with Crippen LogP contribution >= 0.6 is 0 Å². The second kappa shape index (κ2) is 10.6. The van der Waals surface area contributed by atoms with Crippen LogP contribution in [0, 0.1) is 0 Å². The molecule has 3 aromatic rings. The third-order valence-corrected chi connectivity index (χ3v) is 5.46. The summed E-state index contributed by atoms with van der Waals surface area (Å²) < 4.78 is 23.4. The molecule has 0 aliphatic carbocycles. The molecule has 0 amide bonds. The maximum Gasteiger partial charge on any atom is 0.118 e. The van der Waals surface area contributed by atoms with Gasteiger partial charge in [0.15, 0.2) is 0 Å². The van der Waals surface area contributed by atoms with Crippen LogP contribution in [-0.4, -0.2) is 37.1 Å². The zero-order valence-corrected chi connectivity index (χ0v) is 17.6. The molecule has 4 rings (SSSR count). The van der Waals surface area contributed by atoms with Crippen molar-refractivity contribution < 1.29 is 24.1 Å². The number of hydrogen-bond acceptors (Lipinski definition) is 5. The summed E-state index contributed by atoms with van der Waals surface area (Å²) in [6.45, 7) is 1.12. The lowest BCUT2D eigenvalue weighted by atomic mass is 10.0. The fourth-order valence-corrected chi connectivity index (χ4v) is 3.75. The van der Waals surface area contributed by atoms with Crippen LogP contribution in [0.2, 0.25) is 0 Å². The molecule has 0 saturated carbocycles. The predicted molar refractivity (Wildman–Crippen MR) is 118 cm³/mol. The molecule has 4 atom stereocenters. The second-order valence-corrected chi connectivity index (χ2v) is 7.62. The number of methoxy groups -OCH3 is 1. The Hall–Kier alpha value is -2.70. The van der Waals surface area contributed by atoms with Gasteiger partial charge in [0, 0.05) is 0 Å². The smallest absolute Gasteiger partial charge is 0.118 e. The molecule has 1 heterocycles. The van der Waals surface area contributed by atoms with Gasteiger partial charge >= 0.3 is 0 Å². The molecule has 1 N–H and O–H groups in total. The number of benzene rings is 3. The Labute approximate surface area is 183 Å². The summed E-state index contributed by atoms with van der Waals surface area (Å²) in [6, 6.07) is 27.6. The predicted octanol–water partition coefficient (Wildman–Crippen LogP) is 4.30. The molecular formula is C26H28O5. The third-order valence-electron chi connectivity index (χ3n) is 5.46.